The molecule has 3 unspecified atom stereocenters. The molecule has 0 radical (unpaired) electrons. The summed E-state index contributed by atoms with van der Waals surface area (Å²) in [5.74, 6) is 0.620. The maximum Gasteiger partial charge on any atom is 0.0991 e. The van der Waals surface area contributed by atoms with Crippen LogP contribution in [0.5, 0.6) is 0 Å². The van der Waals surface area contributed by atoms with Crippen molar-refractivity contribution >= 4 is 0 Å². The lowest BCUT2D eigenvalue weighted by Gasteiger charge is -2.38. The van der Waals surface area contributed by atoms with E-state index in [-0.39, 0.29) is 6.04 Å². The molecule has 0 aromatic heterocycles. The fourth-order valence-corrected chi connectivity index (χ4v) is 2.52. The van der Waals surface area contributed by atoms with Gasteiger partial charge < -0.3 is 5.73 Å². The van der Waals surface area contributed by atoms with E-state index in [0.29, 0.717) is 12.0 Å². The summed E-state index contributed by atoms with van der Waals surface area (Å²) in [6.45, 7) is 6.51. The summed E-state index contributed by atoms with van der Waals surface area (Å²) in [6, 6.07) is 10.7. The molecule has 1 heterocycles. The Morgan fingerprint density at radius 2 is 2.06 bits per heavy atom. The first-order valence-corrected chi connectivity index (χ1v) is 6.61. The maximum atomic E-state index is 8.80. The molecule has 3 atom stereocenters. The van der Waals surface area contributed by atoms with Gasteiger partial charge in [-0.25, -0.2) is 0 Å². The minimum absolute atomic E-state index is 0.277. The van der Waals surface area contributed by atoms with Crippen LogP contribution in [-0.4, -0.2) is 24.0 Å². The van der Waals surface area contributed by atoms with Gasteiger partial charge in [-0.15, -0.1) is 0 Å². The van der Waals surface area contributed by atoms with E-state index in [1.807, 2.05) is 24.3 Å². The second-order valence-electron chi connectivity index (χ2n) is 5.33. The summed E-state index contributed by atoms with van der Waals surface area (Å²) in [5, 5.41) is 8.80. The zero-order valence-electron chi connectivity index (χ0n) is 11.1. The number of benzene rings is 1. The second kappa shape index (κ2) is 5.51. The molecule has 0 spiro atoms. The molecule has 3 nitrogen and oxygen atoms in total. The summed E-state index contributed by atoms with van der Waals surface area (Å²) >= 11 is 0. The third-order valence-corrected chi connectivity index (χ3v) is 4.12. The predicted octanol–water partition coefficient (Wildman–Crippen LogP) is 2.29. The molecule has 1 saturated heterocycles. The van der Waals surface area contributed by atoms with Gasteiger partial charge in [0.1, 0.15) is 0 Å². The zero-order chi connectivity index (χ0) is 13.1. The van der Waals surface area contributed by atoms with E-state index in [9.17, 15) is 0 Å². The molecule has 1 aliphatic heterocycles. The average molecular weight is 243 g/mol. The molecule has 96 valence electrons. The van der Waals surface area contributed by atoms with Crippen LogP contribution in [0, 0.1) is 17.2 Å². The first-order valence-electron chi connectivity index (χ1n) is 6.61. The maximum absolute atomic E-state index is 8.80. The van der Waals surface area contributed by atoms with E-state index in [2.05, 4.69) is 24.8 Å². The summed E-state index contributed by atoms with van der Waals surface area (Å²) in [5.41, 5.74) is 8.12. The summed E-state index contributed by atoms with van der Waals surface area (Å²) in [7, 11) is 0. The Hall–Kier alpha value is -1.37. The van der Waals surface area contributed by atoms with E-state index in [1.54, 1.807) is 0 Å². The normalized spacial score (nSPS) is 26.6. The molecule has 2 N–H and O–H groups in total. The molecule has 1 fully saturated rings. The van der Waals surface area contributed by atoms with Gasteiger partial charge in [0.05, 0.1) is 11.6 Å². The first-order chi connectivity index (χ1) is 8.61. The lowest BCUT2D eigenvalue weighted by Crippen LogP contribution is -2.48. The van der Waals surface area contributed by atoms with E-state index in [1.165, 1.54) is 12.0 Å². The van der Waals surface area contributed by atoms with Gasteiger partial charge in [-0.1, -0.05) is 19.1 Å². The van der Waals surface area contributed by atoms with Crippen LogP contribution in [0.3, 0.4) is 0 Å². The zero-order valence-corrected chi connectivity index (χ0v) is 11.1. The minimum atomic E-state index is 0.277. The monoisotopic (exact) mass is 243 g/mol. The van der Waals surface area contributed by atoms with Crippen molar-refractivity contribution < 1.29 is 0 Å². The molecule has 0 amide bonds. The lowest BCUT2D eigenvalue weighted by atomic mass is 9.92. The SMILES string of the molecule is CC1CCN(C(C)c2ccc(C#N)cc2)CC1N. The summed E-state index contributed by atoms with van der Waals surface area (Å²) < 4.78 is 0. The van der Waals surface area contributed by atoms with E-state index >= 15 is 0 Å². The van der Waals surface area contributed by atoms with Crippen LogP contribution in [0.4, 0.5) is 0 Å². The van der Waals surface area contributed by atoms with E-state index < -0.39 is 0 Å². The van der Waals surface area contributed by atoms with E-state index in [4.69, 9.17) is 11.0 Å². The molecule has 1 aromatic rings. The van der Waals surface area contributed by atoms with Gasteiger partial charge in [0.15, 0.2) is 0 Å². The topological polar surface area (TPSA) is 53.0 Å². The number of piperidine rings is 1. The van der Waals surface area contributed by atoms with Crippen molar-refractivity contribution in [2.24, 2.45) is 11.7 Å². The van der Waals surface area contributed by atoms with Gasteiger partial charge in [-0.3, -0.25) is 4.90 Å². The third-order valence-electron chi connectivity index (χ3n) is 4.12. The molecular weight excluding hydrogens is 222 g/mol. The molecule has 3 heteroatoms. The Bertz CT molecular complexity index is 432. The quantitative estimate of drug-likeness (QED) is 0.867. The van der Waals surface area contributed by atoms with Crippen LogP contribution in [0.1, 0.15) is 37.4 Å². The molecular formula is C15H21N3. The fourth-order valence-electron chi connectivity index (χ4n) is 2.52. The van der Waals surface area contributed by atoms with Crippen molar-refractivity contribution in [3.8, 4) is 6.07 Å². The predicted molar refractivity (Wildman–Crippen MR) is 72.9 cm³/mol. The smallest absolute Gasteiger partial charge is 0.0991 e. The van der Waals surface area contributed by atoms with Crippen LogP contribution in [0.15, 0.2) is 24.3 Å². The van der Waals surface area contributed by atoms with Gasteiger partial charge in [0, 0.05) is 18.6 Å². The second-order valence-corrected chi connectivity index (χ2v) is 5.33. The van der Waals surface area contributed by atoms with Crippen LogP contribution in [0.2, 0.25) is 0 Å². The Balaban J connectivity index is 2.06. The highest BCUT2D eigenvalue weighted by Crippen LogP contribution is 2.26. The average Bonchev–Trinajstić information content (AvgIpc) is 2.41. The molecule has 0 bridgehead atoms. The highest BCUT2D eigenvalue weighted by Gasteiger charge is 2.26. The number of likely N-dealkylation sites (tertiary alicyclic amines) is 1. The largest absolute Gasteiger partial charge is 0.326 e. The summed E-state index contributed by atoms with van der Waals surface area (Å²) in [4.78, 5) is 2.44. The van der Waals surface area contributed by atoms with Crippen LogP contribution < -0.4 is 5.73 Å². The van der Waals surface area contributed by atoms with Crippen LogP contribution >= 0.6 is 0 Å². The summed E-state index contributed by atoms with van der Waals surface area (Å²) in [6.07, 6.45) is 1.17. The molecule has 2 rings (SSSR count). The number of nitriles is 1. The standard InChI is InChI=1S/C15H21N3/c1-11-7-8-18(10-15(11)17)12(2)14-5-3-13(9-16)4-6-14/h3-6,11-12,15H,7-8,10,17H2,1-2H3. The number of nitrogens with zero attached hydrogens (tertiary/aromatic N) is 2. The van der Waals surface area contributed by atoms with Gasteiger partial charge in [-0.05, 0) is 43.5 Å². The molecule has 18 heavy (non-hydrogen) atoms. The van der Waals surface area contributed by atoms with Crippen molar-refractivity contribution in [2.45, 2.75) is 32.4 Å². The Morgan fingerprint density at radius 3 is 2.61 bits per heavy atom. The third kappa shape index (κ3) is 2.72. The molecule has 1 aromatic carbocycles. The highest BCUT2D eigenvalue weighted by atomic mass is 15.2. The van der Waals surface area contributed by atoms with Gasteiger partial charge in [0.2, 0.25) is 0 Å². The van der Waals surface area contributed by atoms with E-state index in [0.717, 1.165) is 18.7 Å². The minimum Gasteiger partial charge on any atom is -0.326 e. The first kappa shape index (κ1) is 13.1. The van der Waals surface area contributed by atoms with Crippen molar-refractivity contribution in [1.29, 1.82) is 5.26 Å². The van der Waals surface area contributed by atoms with Crippen molar-refractivity contribution in [3.05, 3.63) is 35.4 Å². The highest BCUT2D eigenvalue weighted by molar-refractivity contribution is 5.32. The van der Waals surface area contributed by atoms with Gasteiger partial charge in [-0.2, -0.15) is 5.26 Å². The van der Waals surface area contributed by atoms with Gasteiger partial charge in [0.25, 0.3) is 0 Å². The lowest BCUT2D eigenvalue weighted by molar-refractivity contribution is 0.128. The molecule has 0 aliphatic carbocycles. The number of nitrogens with two attached hydrogens (primary N) is 1. The van der Waals surface area contributed by atoms with Crippen LogP contribution in [-0.2, 0) is 0 Å². The van der Waals surface area contributed by atoms with Crippen molar-refractivity contribution in [1.82, 2.24) is 4.90 Å². The Labute approximate surface area is 109 Å². The fraction of sp³-hybridized carbons (Fsp3) is 0.533. The van der Waals surface area contributed by atoms with Crippen molar-refractivity contribution in [3.63, 3.8) is 0 Å². The Kier molecular flexibility index (Phi) is 4.00. The Morgan fingerprint density at radius 1 is 1.39 bits per heavy atom. The van der Waals surface area contributed by atoms with Crippen molar-refractivity contribution in [2.75, 3.05) is 13.1 Å². The number of rotatable bonds is 2. The molecule has 1 aliphatic rings. The van der Waals surface area contributed by atoms with Crippen LogP contribution in [0.25, 0.3) is 0 Å². The number of hydrogen-bond donors (Lipinski definition) is 1. The van der Waals surface area contributed by atoms with Gasteiger partial charge >= 0.3 is 0 Å². The number of hydrogen-bond acceptors (Lipinski definition) is 3. The molecule has 0 saturated carbocycles.